The molecule has 0 radical (unpaired) electrons. The number of ether oxygens (including phenoxy) is 1. The molecule has 0 saturated heterocycles. The second kappa shape index (κ2) is 4.04. The molecule has 0 aliphatic heterocycles. The molecule has 2 aromatic rings. The standard InChI is InChI=1S/C8H6Cl2N4O/c1-15-5-3-11-14(4-5)6-2-7(9)12-13-8(6)10/h2-4H,1H3. The molecule has 0 aliphatic carbocycles. The van der Waals surface area contributed by atoms with E-state index in [0.717, 1.165) is 0 Å². The topological polar surface area (TPSA) is 52.8 Å². The Bertz CT molecular complexity index is 485. The Morgan fingerprint density at radius 2 is 2.13 bits per heavy atom. The van der Waals surface area contributed by atoms with E-state index in [9.17, 15) is 0 Å². The third kappa shape index (κ3) is 2.03. The van der Waals surface area contributed by atoms with Crippen molar-refractivity contribution in [3.63, 3.8) is 0 Å². The van der Waals surface area contributed by atoms with Crippen molar-refractivity contribution in [3.8, 4) is 11.4 Å². The van der Waals surface area contributed by atoms with Crippen LogP contribution in [0.1, 0.15) is 0 Å². The first-order valence-corrected chi connectivity index (χ1v) is 4.74. The maximum Gasteiger partial charge on any atom is 0.177 e. The van der Waals surface area contributed by atoms with Gasteiger partial charge in [-0.25, -0.2) is 4.68 Å². The molecule has 78 valence electrons. The van der Waals surface area contributed by atoms with Crippen molar-refractivity contribution in [1.82, 2.24) is 20.0 Å². The summed E-state index contributed by atoms with van der Waals surface area (Å²) in [7, 11) is 1.56. The van der Waals surface area contributed by atoms with E-state index in [0.29, 0.717) is 11.4 Å². The highest BCUT2D eigenvalue weighted by atomic mass is 35.5. The first-order chi connectivity index (χ1) is 7.20. The van der Waals surface area contributed by atoms with Crippen LogP contribution in [0, 0.1) is 0 Å². The van der Waals surface area contributed by atoms with Gasteiger partial charge in [-0.3, -0.25) is 0 Å². The fraction of sp³-hybridized carbons (Fsp3) is 0.125. The highest BCUT2D eigenvalue weighted by molar-refractivity contribution is 6.32. The highest BCUT2D eigenvalue weighted by Crippen LogP contribution is 2.21. The average molecular weight is 245 g/mol. The molecule has 2 rings (SSSR count). The smallest absolute Gasteiger partial charge is 0.177 e. The Morgan fingerprint density at radius 3 is 2.80 bits per heavy atom. The van der Waals surface area contributed by atoms with Gasteiger partial charge < -0.3 is 4.74 Å². The molecule has 0 bridgehead atoms. The first-order valence-electron chi connectivity index (χ1n) is 3.98. The SMILES string of the molecule is COc1cnn(-c2cc(Cl)nnc2Cl)c1. The van der Waals surface area contributed by atoms with Crippen LogP contribution in [-0.2, 0) is 0 Å². The van der Waals surface area contributed by atoms with Gasteiger partial charge in [0.15, 0.2) is 16.1 Å². The number of aromatic nitrogens is 4. The number of hydrogen-bond acceptors (Lipinski definition) is 4. The van der Waals surface area contributed by atoms with Crippen molar-refractivity contribution in [1.29, 1.82) is 0 Å². The van der Waals surface area contributed by atoms with E-state index in [1.165, 1.54) is 4.68 Å². The van der Waals surface area contributed by atoms with Gasteiger partial charge >= 0.3 is 0 Å². The molecule has 0 saturated carbocycles. The van der Waals surface area contributed by atoms with Gasteiger partial charge in [0, 0.05) is 6.07 Å². The zero-order valence-electron chi connectivity index (χ0n) is 7.69. The van der Waals surface area contributed by atoms with Crippen molar-refractivity contribution >= 4 is 23.2 Å². The van der Waals surface area contributed by atoms with E-state index in [-0.39, 0.29) is 10.3 Å². The fourth-order valence-electron chi connectivity index (χ4n) is 1.05. The van der Waals surface area contributed by atoms with Crippen molar-refractivity contribution in [3.05, 3.63) is 28.8 Å². The zero-order valence-corrected chi connectivity index (χ0v) is 9.20. The number of halogens is 2. The van der Waals surface area contributed by atoms with Crippen LogP contribution >= 0.6 is 23.2 Å². The monoisotopic (exact) mass is 244 g/mol. The Morgan fingerprint density at radius 1 is 1.33 bits per heavy atom. The summed E-state index contributed by atoms with van der Waals surface area (Å²) in [5, 5.41) is 11.8. The summed E-state index contributed by atoms with van der Waals surface area (Å²) in [6.45, 7) is 0. The number of methoxy groups -OCH3 is 1. The second-order valence-corrected chi connectivity index (χ2v) is 3.41. The van der Waals surface area contributed by atoms with Crippen LogP contribution in [0.3, 0.4) is 0 Å². The number of hydrogen-bond donors (Lipinski definition) is 0. The summed E-state index contributed by atoms with van der Waals surface area (Å²) >= 11 is 11.6. The summed E-state index contributed by atoms with van der Waals surface area (Å²) in [5.41, 5.74) is 0.556. The van der Waals surface area contributed by atoms with Crippen LogP contribution in [-0.4, -0.2) is 27.1 Å². The molecule has 15 heavy (non-hydrogen) atoms. The lowest BCUT2D eigenvalue weighted by Gasteiger charge is -2.01. The van der Waals surface area contributed by atoms with Crippen LogP contribution < -0.4 is 4.74 Å². The van der Waals surface area contributed by atoms with Gasteiger partial charge in [-0.05, 0) is 0 Å². The van der Waals surface area contributed by atoms with E-state index in [4.69, 9.17) is 27.9 Å². The molecule has 0 N–H and O–H groups in total. The van der Waals surface area contributed by atoms with Crippen LogP contribution in [0.25, 0.3) is 5.69 Å². The van der Waals surface area contributed by atoms with Crippen molar-refractivity contribution < 1.29 is 4.74 Å². The predicted molar refractivity (Wildman–Crippen MR) is 55.7 cm³/mol. The van der Waals surface area contributed by atoms with Crippen LogP contribution in [0.5, 0.6) is 5.75 Å². The van der Waals surface area contributed by atoms with E-state index < -0.39 is 0 Å². The molecule has 7 heteroatoms. The molecule has 0 spiro atoms. The molecule has 0 aromatic carbocycles. The van der Waals surface area contributed by atoms with Gasteiger partial charge in [-0.2, -0.15) is 5.10 Å². The van der Waals surface area contributed by atoms with E-state index in [2.05, 4.69) is 15.3 Å². The lowest BCUT2D eigenvalue weighted by atomic mass is 10.5. The maximum atomic E-state index is 5.85. The van der Waals surface area contributed by atoms with Crippen LogP contribution in [0.4, 0.5) is 0 Å². The molecular formula is C8H6Cl2N4O. The quantitative estimate of drug-likeness (QED) is 0.811. The molecule has 0 fully saturated rings. The van der Waals surface area contributed by atoms with Crippen LogP contribution in [0.15, 0.2) is 18.5 Å². The Labute approximate surface area is 95.6 Å². The summed E-state index contributed by atoms with van der Waals surface area (Å²) in [5.74, 6) is 0.624. The minimum atomic E-state index is 0.227. The summed E-state index contributed by atoms with van der Waals surface area (Å²) < 4.78 is 6.51. The lowest BCUT2D eigenvalue weighted by molar-refractivity contribution is 0.414. The zero-order chi connectivity index (χ0) is 10.8. The van der Waals surface area contributed by atoms with Gasteiger partial charge in [-0.15, -0.1) is 10.2 Å². The minimum Gasteiger partial charge on any atom is -0.493 e. The minimum absolute atomic E-state index is 0.227. The first kappa shape index (κ1) is 10.2. The highest BCUT2D eigenvalue weighted by Gasteiger charge is 2.08. The molecule has 2 heterocycles. The van der Waals surface area contributed by atoms with Crippen molar-refractivity contribution in [2.45, 2.75) is 0 Å². The molecular weight excluding hydrogens is 239 g/mol. The predicted octanol–water partition coefficient (Wildman–Crippen LogP) is 1.98. The molecule has 2 aromatic heterocycles. The van der Waals surface area contributed by atoms with Gasteiger partial charge in [0.1, 0.15) is 5.69 Å². The molecule has 5 nitrogen and oxygen atoms in total. The average Bonchev–Trinajstić information content (AvgIpc) is 2.70. The molecule has 0 unspecified atom stereocenters. The summed E-state index contributed by atoms with van der Waals surface area (Å²) in [6, 6.07) is 1.57. The van der Waals surface area contributed by atoms with Crippen LogP contribution in [0.2, 0.25) is 10.3 Å². The fourth-order valence-corrected chi connectivity index (χ4v) is 1.37. The summed E-state index contributed by atoms with van der Waals surface area (Å²) in [6.07, 6.45) is 3.23. The Hall–Kier alpha value is -1.33. The van der Waals surface area contributed by atoms with Gasteiger partial charge in [0.25, 0.3) is 0 Å². The number of rotatable bonds is 2. The third-order valence-electron chi connectivity index (χ3n) is 1.74. The second-order valence-electron chi connectivity index (χ2n) is 2.67. The molecule has 0 aliphatic rings. The van der Waals surface area contributed by atoms with E-state index in [1.807, 2.05) is 0 Å². The molecule has 0 amide bonds. The third-order valence-corrected chi connectivity index (χ3v) is 2.20. The van der Waals surface area contributed by atoms with Crippen molar-refractivity contribution in [2.24, 2.45) is 0 Å². The summed E-state index contributed by atoms with van der Waals surface area (Å²) in [4.78, 5) is 0. The van der Waals surface area contributed by atoms with Gasteiger partial charge in [0.2, 0.25) is 0 Å². The Balaban J connectivity index is 2.48. The molecule has 0 atom stereocenters. The maximum absolute atomic E-state index is 5.85. The van der Waals surface area contributed by atoms with E-state index in [1.54, 1.807) is 25.6 Å². The van der Waals surface area contributed by atoms with Gasteiger partial charge in [0.05, 0.1) is 19.5 Å². The normalized spacial score (nSPS) is 10.3. The Kier molecular flexibility index (Phi) is 2.75. The number of nitrogens with zero attached hydrogens (tertiary/aromatic N) is 4. The van der Waals surface area contributed by atoms with Crippen molar-refractivity contribution in [2.75, 3.05) is 7.11 Å². The van der Waals surface area contributed by atoms with E-state index >= 15 is 0 Å². The largest absolute Gasteiger partial charge is 0.493 e. The van der Waals surface area contributed by atoms with Gasteiger partial charge in [-0.1, -0.05) is 23.2 Å². The lowest BCUT2D eigenvalue weighted by Crippen LogP contribution is -1.98.